The Hall–Kier alpha value is -1.71. The number of benzene rings is 1. The molecule has 3 N–H and O–H groups in total. The van der Waals surface area contributed by atoms with E-state index in [0.717, 1.165) is 30.7 Å². The van der Waals surface area contributed by atoms with Gasteiger partial charge in [-0.3, -0.25) is 4.99 Å². The Morgan fingerprint density at radius 1 is 1.53 bits per heavy atom. The number of ether oxygens (including phenoxy) is 1. The van der Waals surface area contributed by atoms with Crippen molar-refractivity contribution in [2.75, 3.05) is 13.2 Å². The first kappa shape index (κ1) is 11.8. The first-order chi connectivity index (χ1) is 8.31. The number of fused-ring (bicyclic) bond motifs is 1. The van der Waals surface area contributed by atoms with Crippen LogP contribution in [0.4, 0.5) is 0 Å². The highest BCUT2D eigenvalue weighted by atomic mass is 16.5. The highest BCUT2D eigenvalue weighted by molar-refractivity contribution is 5.78. The summed E-state index contributed by atoms with van der Waals surface area (Å²) in [5.74, 6) is 1.44. The van der Waals surface area contributed by atoms with Gasteiger partial charge in [0, 0.05) is 12.1 Å². The van der Waals surface area contributed by atoms with Crippen LogP contribution in [0.15, 0.2) is 29.3 Å². The maximum Gasteiger partial charge on any atom is 0.189 e. The van der Waals surface area contributed by atoms with Crippen LogP contribution in [0, 0.1) is 0 Å². The minimum Gasteiger partial charge on any atom is -0.491 e. The molecule has 0 saturated heterocycles. The van der Waals surface area contributed by atoms with Crippen molar-refractivity contribution in [3.05, 3.63) is 29.8 Å². The zero-order valence-corrected chi connectivity index (χ0v) is 10.1. The lowest BCUT2D eigenvalue weighted by molar-refractivity contribution is 0.324. The molecule has 0 spiro atoms. The van der Waals surface area contributed by atoms with E-state index in [1.54, 1.807) is 0 Å². The number of nitrogens with zero attached hydrogens (tertiary/aromatic N) is 1. The van der Waals surface area contributed by atoms with Gasteiger partial charge in [0.1, 0.15) is 12.4 Å². The van der Waals surface area contributed by atoms with E-state index in [1.807, 2.05) is 18.2 Å². The monoisotopic (exact) mass is 233 g/mol. The highest BCUT2D eigenvalue weighted by Crippen LogP contribution is 2.31. The maximum atomic E-state index is 5.83. The molecule has 4 heteroatoms. The summed E-state index contributed by atoms with van der Waals surface area (Å²) in [7, 11) is 0. The van der Waals surface area contributed by atoms with Crippen molar-refractivity contribution in [2.45, 2.75) is 25.8 Å². The Bertz CT molecular complexity index is 403. The number of unbranched alkanes of at least 4 members (excludes halogenated alkanes) is 1. The predicted octanol–water partition coefficient (Wildman–Crippen LogP) is 1.82. The summed E-state index contributed by atoms with van der Waals surface area (Å²) < 4.78 is 5.56. The second-order valence-corrected chi connectivity index (χ2v) is 4.17. The molecule has 4 nitrogen and oxygen atoms in total. The van der Waals surface area contributed by atoms with Crippen LogP contribution in [-0.2, 0) is 0 Å². The van der Waals surface area contributed by atoms with Crippen molar-refractivity contribution in [3.63, 3.8) is 0 Å². The number of para-hydroxylation sites is 1. The predicted molar refractivity (Wildman–Crippen MR) is 69.2 cm³/mol. The Kier molecular flexibility index (Phi) is 3.85. The maximum absolute atomic E-state index is 5.83. The van der Waals surface area contributed by atoms with Crippen LogP contribution < -0.4 is 15.8 Å². The quantitative estimate of drug-likeness (QED) is 0.474. The van der Waals surface area contributed by atoms with Gasteiger partial charge >= 0.3 is 0 Å². The van der Waals surface area contributed by atoms with Crippen LogP contribution >= 0.6 is 0 Å². The third-order valence-corrected chi connectivity index (χ3v) is 2.82. The number of nitrogens with one attached hydrogen (secondary N) is 1. The third kappa shape index (κ3) is 2.90. The Morgan fingerprint density at radius 3 is 3.18 bits per heavy atom. The molecule has 2 rings (SSSR count). The van der Waals surface area contributed by atoms with Crippen LogP contribution in [0.1, 0.15) is 31.4 Å². The highest BCUT2D eigenvalue weighted by Gasteiger charge is 2.23. The van der Waals surface area contributed by atoms with E-state index in [0.29, 0.717) is 12.6 Å². The van der Waals surface area contributed by atoms with Gasteiger partial charge in [0.15, 0.2) is 5.96 Å². The lowest BCUT2D eigenvalue weighted by Crippen LogP contribution is -2.35. The van der Waals surface area contributed by atoms with Crippen molar-refractivity contribution in [2.24, 2.45) is 10.7 Å². The van der Waals surface area contributed by atoms with Crippen LogP contribution in [0.3, 0.4) is 0 Å². The molecule has 1 aromatic carbocycles. The Labute approximate surface area is 102 Å². The average Bonchev–Trinajstić information content (AvgIpc) is 2.73. The summed E-state index contributed by atoms with van der Waals surface area (Å²) in [6.45, 7) is 3.54. The van der Waals surface area contributed by atoms with Crippen molar-refractivity contribution in [3.8, 4) is 5.75 Å². The molecular weight excluding hydrogens is 214 g/mol. The summed E-state index contributed by atoms with van der Waals surface area (Å²) in [5.41, 5.74) is 6.99. The van der Waals surface area contributed by atoms with Crippen molar-refractivity contribution in [1.29, 1.82) is 0 Å². The molecule has 1 unspecified atom stereocenters. The van der Waals surface area contributed by atoms with E-state index in [-0.39, 0.29) is 6.04 Å². The molecule has 1 aliphatic rings. The van der Waals surface area contributed by atoms with Crippen molar-refractivity contribution in [1.82, 2.24) is 5.32 Å². The standard InChI is InChI=1S/C13H19N3O/c1-2-3-8-15-13(14)16-11-9-17-12-7-5-4-6-10(11)12/h4-7,11H,2-3,8-9H2,1H3,(H3,14,15,16). The second kappa shape index (κ2) is 5.57. The Balaban J connectivity index is 1.95. The third-order valence-electron chi connectivity index (χ3n) is 2.82. The largest absolute Gasteiger partial charge is 0.491 e. The van der Waals surface area contributed by atoms with Crippen LogP contribution in [0.5, 0.6) is 5.75 Å². The van der Waals surface area contributed by atoms with Gasteiger partial charge in [-0.1, -0.05) is 31.5 Å². The Morgan fingerprint density at radius 2 is 2.35 bits per heavy atom. The molecule has 1 heterocycles. The number of aliphatic imine (C=N–C) groups is 1. The molecule has 92 valence electrons. The number of hydrogen-bond donors (Lipinski definition) is 2. The molecule has 0 saturated carbocycles. The molecule has 1 atom stereocenters. The summed E-state index contributed by atoms with van der Waals surface area (Å²) in [5, 5.41) is 3.20. The molecule has 0 bridgehead atoms. The van der Waals surface area contributed by atoms with E-state index in [9.17, 15) is 0 Å². The molecule has 0 fully saturated rings. The molecule has 0 radical (unpaired) electrons. The molecule has 1 aromatic rings. The molecule has 17 heavy (non-hydrogen) atoms. The fraction of sp³-hybridized carbons (Fsp3) is 0.462. The molecule has 0 amide bonds. The smallest absolute Gasteiger partial charge is 0.189 e. The van der Waals surface area contributed by atoms with E-state index >= 15 is 0 Å². The van der Waals surface area contributed by atoms with Gasteiger partial charge in [-0.25, -0.2) is 0 Å². The minimum atomic E-state index is 0.122. The molecule has 0 aliphatic carbocycles. The first-order valence-electron chi connectivity index (χ1n) is 6.09. The first-order valence-corrected chi connectivity index (χ1v) is 6.09. The van der Waals surface area contributed by atoms with Crippen LogP contribution in [0.25, 0.3) is 0 Å². The number of hydrogen-bond acceptors (Lipinski definition) is 2. The van der Waals surface area contributed by atoms with Crippen LogP contribution in [-0.4, -0.2) is 19.1 Å². The SMILES string of the molecule is CCCCN=C(N)NC1COc2ccccc21. The fourth-order valence-corrected chi connectivity index (χ4v) is 1.86. The number of guanidine groups is 1. The van der Waals surface area contributed by atoms with Gasteiger partial charge in [-0.2, -0.15) is 0 Å². The van der Waals surface area contributed by atoms with Gasteiger partial charge in [-0.05, 0) is 12.5 Å². The van der Waals surface area contributed by atoms with E-state index < -0.39 is 0 Å². The zero-order chi connectivity index (χ0) is 12.1. The lowest BCUT2D eigenvalue weighted by atomic mass is 10.1. The van der Waals surface area contributed by atoms with Gasteiger partial charge in [0.25, 0.3) is 0 Å². The van der Waals surface area contributed by atoms with E-state index in [2.05, 4.69) is 23.3 Å². The normalized spacial score (nSPS) is 18.6. The van der Waals surface area contributed by atoms with Gasteiger partial charge < -0.3 is 15.8 Å². The number of nitrogens with two attached hydrogens (primary N) is 1. The summed E-state index contributed by atoms with van der Waals surface area (Å²) in [6, 6.07) is 8.13. The number of rotatable bonds is 4. The molecule has 0 aromatic heterocycles. The minimum absolute atomic E-state index is 0.122. The summed E-state index contributed by atoms with van der Waals surface area (Å²) in [6.07, 6.45) is 2.20. The zero-order valence-electron chi connectivity index (χ0n) is 10.1. The molecule has 1 aliphatic heterocycles. The van der Waals surface area contributed by atoms with Crippen molar-refractivity contribution >= 4 is 5.96 Å². The second-order valence-electron chi connectivity index (χ2n) is 4.17. The van der Waals surface area contributed by atoms with Crippen molar-refractivity contribution < 1.29 is 4.74 Å². The van der Waals surface area contributed by atoms with Gasteiger partial charge in [-0.15, -0.1) is 0 Å². The van der Waals surface area contributed by atoms with Gasteiger partial charge in [0.05, 0.1) is 6.04 Å². The van der Waals surface area contributed by atoms with Gasteiger partial charge in [0.2, 0.25) is 0 Å². The van der Waals surface area contributed by atoms with E-state index in [4.69, 9.17) is 10.5 Å². The van der Waals surface area contributed by atoms with E-state index in [1.165, 1.54) is 0 Å². The fourth-order valence-electron chi connectivity index (χ4n) is 1.86. The summed E-state index contributed by atoms with van der Waals surface area (Å²) >= 11 is 0. The summed E-state index contributed by atoms with van der Waals surface area (Å²) in [4.78, 5) is 4.28. The molecular formula is C13H19N3O. The average molecular weight is 233 g/mol. The van der Waals surface area contributed by atoms with Crippen LogP contribution in [0.2, 0.25) is 0 Å². The lowest BCUT2D eigenvalue weighted by Gasteiger charge is -2.12. The topological polar surface area (TPSA) is 59.6 Å².